The average Bonchev–Trinajstić information content (AvgIpc) is 2.55. The van der Waals surface area contributed by atoms with Crippen molar-refractivity contribution in [3.63, 3.8) is 0 Å². The van der Waals surface area contributed by atoms with Crippen LogP contribution in [0.5, 0.6) is 17.2 Å². The molecule has 0 spiro atoms. The molecule has 24 heavy (non-hydrogen) atoms. The van der Waals surface area contributed by atoms with Crippen LogP contribution in [0.25, 0.3) is 0 Å². The van der Waals surface area contributed by atoms with E-state index in [1.807, 2.05) is 0 Å². The summed E-state index contributed by atoms with van der Waals surface area (Å²) in [6.07, 6.45) is -2.35. The maximum absolute atomic E-state index is 12.4. The van der Waals surface area contributed by atoms with E-state index in [9.17, 15) is 18.3 Å². The fourth-order valence-electron chi connectivity index (χ4n) is 1.79. The van der Waals surface area contributed by atoms with Crippen LogP contribution >= 0.6 is 0 Å². The number of phenols is 1. The van der Waals surface area contributed by atoms with E-state index >= 15 is 0 Å². The summed E-state index contributed by atoms with van der Waals surface area (Å²) in [6.45, 7) is 0. The Morgan fingerprint density at radius 1 is 1.17 bits per heavy atom. The first kappa shape index (κ1) is 17.4. The number of ether oxygens (including phenoxy) is 2. The number of halogens is 3. The highest BCUT2D eigenvalue weighted by Crippen LogP contribution is 2.36. The fourth-order valence-corrected chi connectivity index (χ4v) is 1.79. The summed E-state index contributed by atoms with van der Waals surface area (Å²) in [5.74, 6) is 0.401. The third kappa shape index (κ3) is 4.06. The topological polar surface area (TPSA) is 76.0 Å². The quantitative estimate of drug-likeness (QED) is 0.645. The zero-order valence-electron chi connectivity index (χ0n) is 12.8. The van der Waals surface area contributed by atoms with Gasteiger partial charge < -0.3 is 14.6 Å². The maximum atomic E-state index is 12.4. The number of aromatic nitrogens is 1. The summed E-state index contributed by atoms with van der Waals surface area (Å²) in [4.78, 5) is 3.62. The number of benzene rings is 1. The lowest BCUT2D eigenvalue weighted by atomic mass is 10.2. The summed E-state index contributed by atoms with van der Waals surface area (Å²) >= 11 is 0. The van der Waals surface area contributed by atoms with Crippen molar-refractivity contribution >= 4 is 12.0 Å². The van der Waals surface area contributed by atoms with Crippen molar-refractivity contribution in [1.82, 2.24) is 4.98 Å². The van der Waals surface area contributed by atoms with Gasteiger partial charge in [0.15, 0.2) is 11.5 Å². The highest BCUT2D eigenvalue weighted by Gasteiger charge is 2.30. The molecule has 1 aromatic carbocycles. The molecule has 9 heteroatoms. The number of pyridine rings is 1. The predicted octanol–water partition coefficient (Wildman–Crippen LogP) is 3.27. The van der Waals surface area contributed by atoms with E-state index < -0.39 is 11.7 Å². The second-order valence-electron chi connectivity index (χ2n) is 4.57. The summed E-state index contributed by atoms with van der Waals surface area (Å²) in [5, 5.41) is 13.7. The molecule has 0 bridgehead atoms. The first-order valence-electron chi connectivity index (χ1n) is 6.62. The molecular weight excluding hydrogens is 327 g/mol. The summed E-state index contributed by atoms with van der Waals surface area (Å²) in [7, 11) is 2.78. The van der Waals surface area contributed by atoms with Crippen LogP contribution in [0, 0.1) is 0 Å². The third-order valence-corrected chi connectivity index (χ3v) is 2.99. The molecule has 1 aromatic heterocycles. The Morgan fingerprint density at radius 3 is 2.25 bits per heavy atom. The van der Waals surface area contributed by atoms with Crippen LogP contribution in [0.15, 0.2) is 35.6 Å². The standard InChI is InChI=1S/C15H14F3N3O3/c1-23-11-5-9(6-12(24-2)14(11)22)7-20-21-13-4-3-10(8-19-13)15(16,17)18/h3-8,22H,1-2H3,(H,19,21)/b20-7+. The van der Waals surface area contributed by atoms with Crippen molar-refractivity contribution in [2.45, 2.75) is 6.18 Å². The van der Waals surface area contributed by atoms with Crippen molar-refractivity contribution in [3.8, 4) is 17.2 Å². The molecule has 0 saturated carbocycles. The Labute approximate surface area is 135 Å². The van der Waals surface area contributed by atoms with Crippen molar-refractivity contribution in [3.05, 3.63) is 41.6 Å². The van der Waals surface area contributed by atoms with E-state index in [1.165, 1.54) is 32.6 Å². The number of phenolic OH excluding ortho intramolecular Hbond substituents is 1. The molecule has 0 amide bonds. The third-order valence-electron chi connectivity index (χ3n) is 2.99. The number of methoxy groups -OCH3 is 2. The molecule has 0 aliphatic carbocycles. The van der Waals surface area contributed by atoms with Gasteiger partial charge in [0.25, 0.3) is 0 Å². The van der Waals surface area contributed by atoms with Gasteiger partial charge in [0.05, 0.1) is 26.0 Å². The molecule has 0 aliphatic heterocycles. The number of hydrazone groups is 1. The van der Waals surface area contributed by atoms with Crippen LogP contribution in [-0.4, -0.2) is 30.5 Å². The van der Waals surface area contributed by atoms with Crippen molar-refractivity contribution in [2.75, 3.05) is 19.6 Å². The monoisotopic (exact) mass is 341 g/mol. The molecule has 0 fully saturated rings. The van der Waals surface area contributed by atoms with Gasteiger partial charge in [-0.1, -0.05) is 0 Å². The average molecular weight is 341 g/mol. The highest BCUT2D eigenvalue weighted by molar-refractivity contribution is 5.82. The molecule has 128 valence electrons. The number of anilines is 1. The number of hydrogen-bond donors (Lipinski definition) is 2. The SMILES string of the molecule is COc1cc(/C=N/Nc2ccc(C(F)(F)F)cn2)cc(OC)c1O. The van der Waals surface area contributed by atoms with Crippen molar-refractivity contribution in [2.24, 2.45) is 5.10 Å². The predicted molar refractivity (Wildman–Crippen MR) is 81.7 cm³/mol. The maximum Gasteiger partial charge on any atom is 0.417 e. The smallest absolute Gasteiger partial charge is 0.417 e. The second kappa shape index (κ2) is 7.07. The van der Waals surface area contributed by atoms with Crippen LogP contribution in [0.2, 0.25) is 0 Å². The number of rotatable bonds is 5. The summed E-state index contributed by atoms with van der Waals surface area (Å²) in [5.41, 5.74) is 2.21. The second-order valence-corrected chi connectivity index (χ2v) is 4.57. The highest BCUT2D eigenvalue weighted by atomic mass is 19.4. The number of hydrogen-bond acceptors (Lipinski definition) is 6. The van der Waals surface area contributed by atoms with Gasteiger partial charge in [-0.3, -0.25) is 5.43 Å². The Hall–Kier alpha value is -2.97. The molecular formula is C15H14F3N3O3. The Bertz CT molecular complexity index is 706. The summed E-state index contributed by atoms with van der Waals surface area (Å²) in [6, 6.07) is 5.10. The molecule has 2 N–H and O–H groups in total. The van der Waals surface area contributed by atoms with E-state index in [1.54, 1.807) is 0 Å². The first-order chi connectivity index (χ1) is 11.3. The number of aromatic hydroxyl groups is 1. The molecule has 2 rings (SSSR count). The Morgan fingerprint density at radius 2 is 1.79 bits per heavy atom. The van der Waals surface area contributed by atoms with Gasteiger partial charge in [-0.25, -0.2) is 4.98 Å². The minimum Gasteiger partial charge on any atom is -0.502 e. The Balaban J connectivity index is 2.11. The number of nitrogens with zero attached hydrogens (tertiary/aromatic N) is 2. The van der Waals surface area contributed by atoms with Gasteiger partial charge in [-0.05, 0) is 24.3 Å². The van der Waals surface area contributed by atoms with Crippen LogP contribution in [0.4, 0.5) is 19.0 Å². The molecule has 2 aromatic rings. The van der Waals surface area contributed by atoms with Gasteiger partial charge in [0.1, 0.15) is 5.82 Å². The molecule has 0 aliphatic rings. The lowest BCUT2D eigenvalue weighted by Gasteiger charge is -2.09. The molecule has 0 unspecified atom stereocenters. The Kier molecular flexibility index (Phi) is 5.12. The van der Waals surface area contributed by atoms with Gasteiger partial charge in [0.2, 0.25) is 5.75 Å². The molecule has 0 atom stereocenters. The van der Waals surface area contributed by atoms with Gasteiger partial charge in [-0.2, -0.15) is 18.3 Å². The van der Waals surface area contributed by atoms with E-state index in [4.69, 9.17) is 9.47 Å². The normalized spacial score (nSPS) is 11.5. The largest absolute Gasteiger partial charge is 0.502 e. The van der Waals surface area contributed by atoms with Gasteiger partial charge >= 0.3 is 6.18 Å². The van der Waals surface area contributed by atoms with Crippen molar-refractivity contribution < 1.29 is 27.8 Å². The zero-order chi connectivity index (χ0) is 17.7. The minimum absolute atomic E-state index is 0.144. The lowest BCUT2D eigenvalue weighted by molar-refractivity contribution is -0.137. The molecule has 0 saturated heterocycles. The molecule has 6 nitrogen and oxygen atoms in total. The van der Waals surface area contributed by atoms with Crippen LogP contribution < -0.4 is 14.9 Å². The van der Waals surface area contributed by atoms with E-state index in [0.717, 1.165) is 12.1 Å². The van der Waals surface area contributed by atoms with E-state index in [2.05, 4.69) is 15.5 Å². The summed E-state index contributed by atoms with van der Waals surface area (Å²) < 4.78 is 47.3. The first-order valence-corrected chi connectivity index (χ1v) is 6.62. The van der Waals surface area contributed by atoms with Crippen LogP contribution in [-0.2, 0) is 6.18 Å². The van der Waals surface area contributed by atoms with Gasteiger partial charge in [-0.15, -0.1) is 0 Å². The van der Waals surface area contributed by atoms with Crippen LogP contribution in [0.3, 0.4) is 0 Å². The van der Waals surface area contributed by atoms with Gasteiger partial charge in [0, 0.05) is 11.8 Å². The molecule has 1 heterocycles. The van der Waals surface area contributed by atoms with E-state index in [-0.39, 0.29) is 23.1 Å². The zero-order valence-corrected chi connectivity index (χ0v) is 12.8. The number of alkyl halides is 3. The van der Waals surface area contributed by atoms with Crippen LogP contribution in [0.1, 0.15) is 11.1 Å². The lowest BCUT2D eigenvalue weighted by Crippen LogP contribution is -2.05. The minimum atomic E-state index is -4.44. The molecule has 0 radical (unpaired) electrons. The number of nitrogens with one attached hydrogen (secondary N) is 1. The fraction of sp³-hybridized carbons (Fsp3) is 0.200. The van der Waals surface area contributed by atoms with E-state index in [0.29, 0.717) is 11.8 Å². The van der Waals surface area contributed by atoms with Crippen molar-refractivity contribution in [1.29, 1.82) is 0 Å².